The summed E-state index contributed by atoms with van der Waals surface area (Å²) in [5.74, 6) is 6.69. The van der Waals surface area contributed by atoms with Crippen LogP contribution in [-0.2, 0) is 0 Å². The van der Waals surface area contributed by atoms with Crippen LogP contribution in [0, 0.1) is 41.4 Å². The van der Waals surface area contributed by atoms with Crippen molar-refractivity contribution in [3.05, 3.63) is 0 Å². The van der Waals surface area contributed by atoms with E-state index in [1.54, 1.807) is 0 Å². The summed E-state index contributed by atoms with van der Waals surface area (Å²) in [7, 11) is 0. The highest BCUT2D eigenvalue weighted by atomic mass is 14.7. The van der Waals surface area contributed by atoms with Gasteiger partial charge in [0.25, 0.3) is 0 Å². The smallest absolute Gasteiger partial charge is 0.00753 e. The van der Waals surface area contributed by atoms with Gasteiger partial charge in [-0.2, -0.15) is 0 Å². The van der Waals surface area contributed by atoms with Crippen molar-refractivity contribution in [3.63, 3.8) is 0 Å². The third kappa shape index (κ3) is 1.85. The van der Waals surface area contributed by atoms with E-state index >= 15 is 0 Å². The molecule has 0 saturated heterocycles. The first-order valence-corrected chi connectivity index (χ1v) is 8.39. The predicted molar refractivity (Wildman–Crippen MR) is 77.1 cm³/mol. The van der Waals surface area contributed by atoms with Gasteiger partial charge in [-0.25, -0.2) is 0 Å². The molecule has 0 aromatic heterocycles. The fraction of sp³-hybridized carbons (Fsp3) is 1.00. The van der Waals surface area contributed by atoms with Crippen LogP contribution >= 0.6 is 0 Å². The first-order valence-electron chi connectivity index (χ1n) is 8.39. The van der Waals surface area contributed by atoms with E-state index in [0.29, 0.717) is 6.04 Å². The maximum atomic E-state index is 6.46. The molecule has 3 aliphatic carbocycles. The third-order valence-corrected chi connectivity index (χ3v) is 6.84. The first-order chi connectivity index (χ1) is 8.63. The van der Waals surface area contributed by atoms with Gasteiger partial charge in [-0.05, 0) is 67.1 Å². The summed E-state index contributed by atoms with van der Waals surface area (Å²) >= 11 is 0. The summed E-state index contributed by atoms with van der Waals surface area (Å²) in [6.45, 7) is 7.39. The molecule has 0 radical (unpaired) electrons. The van der Waals surface area contributed by atoms with Crippen molar-refractivity contribution in [3.8, 4) is 0 Å². The molecule has 3 aliphatic rings. The lowest BCUT2D eigenvalue weighted by Gasteiger charge is -2.30. The Morgan fingerprint density at radius 3 is 2.56 bits per heavy atom. The van der Waals surface area contributed by atoms with Crippen LogP contribution in [0.4, 0.5) is 0 Å². The lowest BCUT2D eigenvalue weighted by atomic mass is 9.75. The summed E-state index contributed by atoms with van der Waals surface area (Å²) in [5.41, 5.74) is 6.46. The van der Waals surface area contributed by atoms with Gasteiger partial charge in [0.1, 0.15) is 0 Å². The quantitative estimate of drug-likeness (QED) is 0.784. The Hall–Kier alpha value is -0.0400. The zero-order valence-corrected chi connectivity index (χ0v) is 12.4. The summed E-state index contributed by atoms with van der Waals surface area (Å²) < 4.78 is 0. The van der Waals surface area contributed by atoms with Crippen LogP contribution < -0.4 is 5.73 Å². The molecule has 3 rings (SSSR count). The number of hydrogen-bond acceptors (Lipinski definition) is 1. The molecule has 0 aliphatic heterocycles. The molecule has 8 atom stereocenters. The molecular weight excluding hydrogens is 218 g/mol. The zero-order valence-electron chi connectivity index (χ0n) is 12.4. The Kier molecular flexibility index (Phi) is 3.47. The summed E-state index contributed by atoms with van der Waals surface area (Å²) in [4.78, 5) is 0. The highest BCUT2D eigenvalue weighted by molar-refractivity contribution is 5.05. The summed E-state index contributed by atoms with van der Waals surface area (Å²) in [6, 6.07) is 0.523. The molecule has 0 heterocycles. The van der Waals surface area contributed by atoms with E-state index in [1.165, 1.54) is 38.5 Å². The minimum Gasteiger partial charge on any atom is -0.327 e. The van der Waals surface area contributed by atoms with Gasteiger partial charge in [-0.15, -0.1) is 0 Å². The highest BCUT2D eigenvalue weighted by Gasteiger charge is 2.55. The Balaban J connectivity index is 1.84. The highest BCUT2D eigenvalue weighted by Crippen LogP contribution is 2.59. The molecule has 0 spiro atoms. The molecular formula is C17H31N. The van der Waals surface area contributed by atoms with Gasteiger partial charge in [0.2, 0.25) is 0 Å². The van der Waals surface area contributed by atoms with E-state index in [-0.39, 0.29) is 0 Å². The standard InChI is InChI=1S/C17H31N/c1-4-5-12-6-7-13-9-15(18)16-10(2)8-14(11(12)3)17(13)16/h10-17H,4-9,18H2,1-3H3. The second-order valence-electron chi connectivity index (χ2n) is 7.68. The lowest BCUT2D eigenvalue weighted by Crippen LogP contribution is -2.30. The first kappa shape index (κ1) is 13.0. The van der Waals surface area contributed by atoms with Crippen molar-refractivity contribution < 1.29 is 0 Å². The molecule has 8 unspecified atom stereocenters. The van der Waals surface area contributed by atoms with Gasteiger partial charge in [0.15, 0.2) is 0 Å². The van der Waals surface area contributed by atoms with E-state index in [1.807, 2.05) is 0 Å². The maximum Gasteiger partial charge on any atom is 0.00753 e. The molecule has 3 saturated carbocycles. The van der Waals surface area contributed by atoms with E-state index in [0.717, 1.165) is 41.4 Å². The van der Waals surface area contributed by atoms with Crippen molar-refractivity contribution in [1.82, 2.24) is 0 Å². The normalized spacial score (nSPS) is 55.3. The Morgan fingerprint density at radius 2 is 1.83 bits per heavy atom. The van der Waals surface area contributed by atoms with Gasteiger partial charge in [-0.3, -0.25) is 0 Å². The zero-order chi connectivity index (χ0) is 12.9. The van der Waals surface area contributed by atoms with Crippen molar-refractivity contribution in [2.24, 2.45) is 47.2 Å². The van der Waals surface area contributed by atoms with Crippen LogP contribution in [0.1, 0.15) is 59.3 Å². The Bertz CT molecular complexity index is 300. The van der Waals surface area contributed by atoms with Crippen molar-refractivity contribution in [2.75, 3.05) is 0 Å². The molecule has 18 heavy (non-hydrogen) atoms. The van der Waals surface area contributed by atoms with Crippen LogP contribution in [0.15, 0.2) is 0 Å². The molecule has 1 heteroatoms. The number of rotatable bonds is 2. The van der Waals surface area contributed by atoms with E-state index in [9.17, 15) is 0 Å². The molecule has 0 amide bonds. The molecule has 2 N–H and O–H groups in total. The van der Waals surface area contributed by atoms with E-state index in [4.69, 9.17) is 5.73 Å². The van der Waals surface area contributed by atoms with Crippen LogP contribution in [0.5, 0.6) is 0 Å². The van der Waals surface area contributed by atoms with Crippen LogP contribution in [0.3, 0.4) is 0 Å². The maximum absolute atomic E-state index is 6.46. The van der Waals surface area contributed by atoms with E-state index in [2.05, 4.69) is 20.8 Å². The predicted octanol–water partition coefficient (Wildman–Crippen LogP) is 4.07. The second kappa shape index (κ2) is 4.81. The van der Waals surface area contributed by atoms with Crippen molar-refractivity contribution >= 4 is 0 Å². The Labute approximate surface area is 113 Å². The van der Waals surface area contributed by atoms with E-state index < -0.39 is 0 Å². The molecule has 0 aromatic carbocycles. The molecule has 0 bridgehead atoms. The molecule has 104 valence electrons. The third-order valence-electron chi connectivity index (χ3n) is 6.84. The molecule has 0 aromatic rings. The molecule has 3 fully saturated rings. The van der Waals surface area contributed by atoms with Gasteiger partial charge < -0.3 is 5.73 Å². The fourth-order valence-electron chi connectivity index (χ4n) is 6.14. The average Bonchev–Trinajstić information content (AvgIpc) is 2.81. The number of hydrogen-bond donors (Lipinski definition) is 1. The van der Waals surface area contributed by atoms with Crippen molar-refractivity contribution in [2.45, 2.75) is 65.3 Å². The van der Waals surface area contributed by atoms with Crippen molar-refractivity contribution in [1.29, 1.82) is 0 Å². The summed E-state index contributed by atoms with van der Waals surface area (Å²) in [6.07, 6.45) is 8.61. The minimum atomic E-state index is 0.523. The molecule has 1 nitrogen and oxygen atoms in total. The van der Waals surface area contributed by atoms with Gasteiger partial charge in [0.05, 0.1) is 0 Å². The van der Waals surface area contributed by atoms with Crippen LogP contribution in [0.25, 0.3) is 0 Å². The minimum absolute atomic E-state index is 0.523. The Morgan fingerprint density at radius 1 is 1.06 bits per heavy atom. The topological polar surface area (TPSA) is 26.0 Å². The summed E-state index contributed by atoms with van der Waals surface area (Å²) in [5, 5.41) is 0. The average molecular weight is 249 g/mol. The van der Waals surface area contributed by atoms with Crippen LogP contribution in [0.2, 0.25) is 0 Å². The van der Waals surface area contributed by atoms with Gasteiger partial charge in [-0.1, -0.05) is 33.6 Å². The SMILES string of the molecule is CCCC1CCC2CC(N)C3C(C)CC(C1C)C23. The largest absolute Gasteiger partial charge is 0.327 e. The second-order valence-corrected chi connectivity index (χ2v) is 7.68. The van der Waals surface area contributed by atoms with Gasteiger partial charge in [0, 0.05) is 6.04 Å². The van der Waals surface area contributed by atoms with Gasteiger partial charge >= 0.3 is 0 Å². The fourth-order valence-corrected chi connectivity index (χ4v) is 6.14. The number of nitrogens with two attached hydrogens (primary N) is 1. The monoisotopic (exact) mass is 249 g/mol. The van der Waals surface area contributed by atoms with Crippen LogP contribution in [-0.4, -0.2) is 6.04 Å². The lowest BCUT2D eigenvalue weighted by molar-refractivity contribution is 0.187.